The first kappa shape index (κ1) is 24.8. The van der Waals surface area contributed by atoms with Crippen LogP contribution in [0, 0.1) is 0 Å². The van der Waals surface area contributed by atoms with Crippen LogP contribution in [-0.2, 0) is 10.2 Å². The summed E-state index contributed by atoms with van der Waals surface area (Å²) >= 11 is 0. The molecule has 1 atom stereocenters. The lowest BCUT2D eigenvalue weighted by Crippen LogP contribution is -2.49. The Hall–Kier alpha value is -2.82. The van der Waals surface area contributed by atoms with Crippen molar-refractivity contribution in [1.82, 2.24) is 10.2 Å². The number of benzene rings is 2. The molecule has 1 aliphatic heterocycles. The van der Waals surface area contributed by atoms with Gasteiger partial charge in [0.25, 0.3) is 11.8 Å². The molecular weight excluding hydrogens is 412 g/mol. The van der Waals surface area contributed by atoms with E-state index in [0.29, 0.717) is 24.8 Å². The molecule has 1 aliphatic rings. The van der Waals surface area contributed by atoms with Crippen molar-refractivity contribution in [2.75, 3.05) is 13.1 Å². The van der Waals surface area contributed by atoms with Gasteiger partial charge in [0.05, 0.1) is 0 Å². The highest BCUT2D eigenvalue weighted by Gasteiger charge is 2.26. The minimum Gasteiger partial charge on any atom is -0.481 e. The van der Waals surface area contributed by atoms with E-state index in [1.54, 1.807) is 6.92 Å². The standard InChI is InChI=1S/C28H38N2O3/c1-19(2)21-9-13-25(14-10-21)33-20(3)26(31)29-24-15-17-30(18-16-24)27(32)22-7-11-23(12-8-22)28(4,5)6/h7-14,19-20,24H,15-18H2,1-6H3,(H,29,31). The molecular formula is C28H38N2O3. The number of piperidine rings is 1. The Morgan fingerprint density at radius 3 is 2.03 bits per heavy atom. The van der Waals surface area contributed by atoms with Crippen molar-refractivity contribution in [1.29, 1.82) is 0 Å². The second kappa shape index (κ2) is 10.4. The van der Waals surface area contributed by atoms with Gasteiger partial charge in [0.2, 0.25) is 0 Å². The highest BCUT2D eigenvalue weighted by molar-refractivity contribution is 5.94. The highest BCUT2D eigenvalue weighted by atomic mass is 16.5. The van der Waals surface area contributed by atoms with Crippen molar-refractivity contribution in [2.45, 2.75) is 77.9 Å². The Morgan fingerprint density at radius 2 is 1.52 bits per heavy atom. The molecule has 0 saturated carbocycles. The van der Waals surface area contributed by atoms with E-state index >= 15 is 0 Å². The van der Waals surface area contributed by atoms with Crippen LogP contribution in [0.4, 0.5) is 0 Å². The second-order valence-electron chi connectivity index (χ2n) is 10.4. The van der Waals surface area contributed by atoms with E-state index in [0.717, 1.165) is 18.4 Å². The number of hydrogen-bond acceptors (Lipinski definition) is 3. The fourth-order valence-corrected chi connectivity index (χ4v) is 4.03. The van der Waals surface area contributed by atoms with Crippen LogP contribution in [0.15, 0.2) is 48.5 Å². The molecule has 2 aromatic rings. The van der Waals surface area contributed by atoms with Crippen LogP contribution in [0.5, 0.6) is 5.75 Å². The quantitative estimate of drug-likeness (QED) is 0.650. The molecule has 1 unspecified atom stereocenters. The molecule has 5 heteroatoms. The van der Waals surface area contributed by atoms with Gasteiger partial charge >= 0.3 is 0 Å². The van der Waals surface area contributed by atoms with Crippen LogP contribution in [0.3, 0.4) is 0 Å². The number of nitrogens with one attached hydrogen (secondary N) is 1. The van der Waals surface area contributed by atoms with Crippen LogP contribution in [0.2, 0.25) is 0 Å². The maximum Gasteiger partial charge on any atom is 0.260 e. The predicted molar refractivity (Wildman–Crippen MR) is 133 cm³/mol. The SMILES string of the molecule is CC(Oc1ccc(C(C)C)cc1)C(=O)NC1CCN(C(=O)c2ccc(C(C)(C)C)cc2)CC1. The lowest BCUT2D eigenvalue weighted by Gasteiger charge is -2.33. The number of carbonyl (C=O) groups is 2. The molecule has 0 spiro atoms. The van der Waals surface area contributed by atoms with Gasteiger partial charge in [-0.2, -0.15) is 0 Å². The summed E-state index contributed by atoms with van der Waals surface area (Å²) in [5, 5.41) is 3.09. The van der Waals surface area contributed by atoms with E-state index < -0.39 is 6.10 Å². The minimum absolute atomic E-state index is 0.0548. The molecule has 0 aromatic heterocycles. The number of ether oxygens (including phenoxy) is 1. The van der Waals surface area contributed by atoms with Crippen LogP contribution < -0.4 is 10.1 Å². The third-order valence-corrected chi connectivity index (χ3v) is 6.36. The molecule has 1 saturated heterocycles. The van der Waals surface area contributed by atoms with Crippen LogP contribution in [-0.4, -0.2) is 41.9 Å². The molecule has 1 heterocycles. The number of likely N-dealkylation sites (tertiary alicyclic amines) is 1. The van der Waals surface area contributed by atoms with Crippen molar-refractivity contribution < 1.29 is 14.3 Å². The van der Waals surface area contributed by atoms with Crippen molar-refractivity contribution in [3.05, 3.63) is 65.2 Å². The number of nitrogens with zero attached hydrogens (tertiary/aromatic N) is 1. The lowest BCUT2D eigenvalue weighted by molar-refractivity contribution is -0.128. The minimum atomic E-state index is -0.573. The molecule has 2 aromatic carbocycles. The van der Waals surface area contributed by atoms with E-state index in [1.165, 1.54) is 11.1 Å². The van der Waals surface area contributed by atoms with Crippen molar-refractivity contribution in [2.24, 2.45) is 0 Å². The van der Waals surface area contributed by atoms with E-state index in [4.69, 9.17) is 4.74 Å². The van der Waals surface area contributed by atoms with Crippen molar-refractivity contribution >= 4 is 11.8 Å². The molecule has 1 N–H and O–H groups in total. The molecule has 0 bridgehead atoms. The lowest BCUT2D eigenvalue weighted by atomic mass is 9.86. The van der Waals surface area contributed by atoms with E-state index in [2.05, 4.69) is 39.9 Å². The third kappa shape index (κ3) is 6.59. The number of carbonyl (C=O) groups excluding carboxylic acids is 2. The normalized spacial score (nSPS) is 15.9. The average molecular weight is 451 g/mol. The van der Waals surface area contributed by atoms with Gasteiger partial charge in [-0.15, -0.1) is 0 Å². The third-order valence-electron chi connectivity index (χ3n) is 6.36. The summed E-state index contributed by atoms with van der Waals surface area (Å²) in [4.78, 5) is 27.4. The smallest absolute Gasteiger partial charge is 0.260 e. The van der Waals surface area contributed by atoms with E-state index in [1.807, 2.05) is 53.4 Å². The fourth-order valence-electron chi connectivity index (χ4n) is 4.03. The summed E-state index contributed by atoms with van der Waals surface area (Å²) in [7, 11) is 0. The first-order chi connectivity index (χ1) is 15.5. The molecule has 3 rings (SSSR count). The van der Waals surface area contributed by atoms with E-state index in [-0.39, 0.29) is 23.3 Å². The second-order valence-corrected chi connectivity index (χ2v) is 10.4. The zero-order valence-corrected chi connectivity index (χ0v) is 20.9. The summed E-state index contributed by atoms with van der Waals surface area (Å²) in [5.41, 5.74) is 3.24. The molecule has 0 aliphatic carbocycles. The summed E-state index contributed by atoms with van der Waals surface area (Å²) in [6, 6.07) is 15.9. The Morgan fingerprint density at radius 1 is 0.939 bits per heavy atom. The Bertz CT molecular complexity index is 935. The maximum atomic E-state index is 12.9. The highest BCUT2D eigenvalue weighted by Crippen LogP contribution is 2.23. The predicted octanol–water partition coefficient (Wildman–Crippen LogP) is 5.30. The first-order valence-corrected chi connectivity index (χ1v) is 12.0. The van der Waals surface area contributed by atoms with E-state index in [9.17, 15) is 9.59 Å². The topological polar surface area (TPSA) is 58.6 Å². The van der Waals surface area contributed by atoms with Crippen molar-refractivity contribution in [3.8, 4) is 5.75 Å². The molecule has 178 valence electrons. The number of amides is 2. The van der Waals surface area contributed by atoms with Gasteiger partial charge in [0.1, 0.15) is 5.75 Å². The Labute approximate surface area is 198 Å². The monoisotopic (exact) mass is 450 g/mol. The van der Waals surface area contributed by atoms with Gasteiger partial charge in [-0.25, -0.2) is 0 Å². The Balaban J connectivity index is 1.47. The van der Waals surface area contributed by atoms with Crippen LogP contribution in [0.1, 0.15) is 81.8 Å². The summed E-state index contributed by atoms with van der Waals surface area (Å²) in [6.07, 6.45) is 0.914. The Kier molecular flexibility index (Phi) is 7.83. The molecule has 1 fully saturated rings. The number of rotatable bonds is 6. The number of hydrogen-bond donors (Lipinski definition) is 1. The zero-order chi connectivity index (χ0) is 24.2. The molecule has 5 nitrogen and oxygen atoms in total. The first-order valence-electron chi connectivity index (χ1n) is 12.0. The molecule has 2 amide bonds. The summed E-state index contributed by atoms with van der Waals surface area (Å²) in [5.74, 6) is 1.09. The van der Waals surface area contributed by atoms with Gasteiger partial charge in [0.15, 0.2) is 6.10 Å². The van der Waals surface area contributed by atoms with Crippen LogP contribution in [0.25, 0.3) is 0 Å². The average Bonchev–Trinajstić information content (AvgIpc) is 2.79. The van der Waals surface area contributed by atoms with Gasteiger partial charge in [-0.1, -0.05) is 58.9 Å². The maximum absolute atomic E-state index is 12.9. The molecule has 33 heavy (non-hydrogen) atoms. The van der Waals surface area contributed by atoms with Gasteiger partial charge in [-0.05, 0) is 66.5 Å². The van der Waals surface area contributed by atoms with Gasteiger partial charge < -0.3 is 15.0 Å². The summed E-state index contributed by atoms with van der Waals surface area (Å²) < 4.78 is 5.83. The zero-order valence-electron chi connectivity index (χ0n) is 20.9. The fraction of sp³-hybridized carbons (Fsp3) is 0.500. The largest absolute Gasteiger partial charge is 0.481 e. The summed E-state index contributed by atoms with van der Waals surface area (Å²) in [6.45, 7) is 13.8. The van der Waals surface area contributed by atoms with Crippen LogP contribution >= 0.6 is 0 Å². The van der Waals surface area contributed by atoms with Gasteiger partial charge in [0, 0.05) is 24.7 Å². The van der Waals surface area contributed by atoms with Gasteiger partial charge in [-0.3, -0.25) is 9.59 Å². The molecule has 0 radical (unpaired) electrons. The van der Waals surface area contributed by atoms with Crippen molar-refractivity contribution in [3.63, 3.8) is 0 Å².